The predicted molar refractivity (Wildman–Crippen MR) is 198 cm³/mol. The quantitative estimate of drug-likeness (QED) is 0.127. The Morgan fingerprint density at radius 2 is 0.918 bits per heavy atom. The van der Waals surface area contributed by atoms with Crippen molar-refractivity contribution in [1.82, 2.24) is 0 Å². The van der Waals surface area contributed by atoms with Crippen LogP contribution in [0.4, 0.5) is 0 Å². The summed E-state index contributed by atoms with van der Waals surface area (Å²) < 4.78 is 23.9. The summed E-state index contributed by atoms with van der Waals surface area (Å²) in [6.45, 7) is 27.8. The van der Waals surface area contributed by atoms with Crippen LogP contribution in [0.25, 0.3) is 0 Å². The van der Waals surface area contributed by atoms with Crippen LogP contribution in [0.5, 0.6) is 11.5 Å². The fraction of sp³-hybridized carbons (Fsp3) is 0.628. The number of carbonyl (C=O) groups is 2. The molecule has 0 amide bonds. The molecule has 4 atom stereocenters. The second-order valence-electron chi connectivity index (χ2n) is 18.2. The van der Waals surface area contributed by atoms with Gasteiger partial charge in [0.25, 0.3) is 0 Å². The molecule has 6 nitrogen and oxygen atoms in total. The maximum atomic E-state index is 13.3. The monoisotopic (exact) mass is 674 g/mol. The Bertz CT molecular complexity index is 1380. The van der Waals surface area contributed by atoms with Gasteiger partial charge in [0.2, 0.25) is 0 Å². The molecule has 0 heterocycles. The minimum atomic E-state index is -0.507. The molecule has 2 bridgehead atoms. The van der Waals surface area contributed by atoms with E-state index in [4.69, 9.17) is 18.9 Å². The summed E-state index contributed by atoms with van der Waals surface area (Å²) in [7, 11) is 0. The van der Waals surface area contributed by atoms with Gasteiger partial charge < -0.3 is 18.9 Å². The highest BCUT2D eigenvalue weighted by atomic mass is 16.5. The van der Waals surface area contributed by atoms with Crippen LogP contribution in [0, 0.1) is 23.7 Å². The smallest absolute Gasteiger partial charge is 0.310 e. The summed E-state index contributed by atoms with van der Waals surface area (Å²) in [5.41, 5.74) is 4.86. The molecule has 0 saturated heterocycles. The SMILES string of the molecule is CC(C)(C)c1ccc(OCCCOC(=O)[C@H]2[C@H](C(=O)OCCCOc3ccc(C(C)(C)C)cc3C(C)(C)C)[C@H]3C=C[C@@H]2C3)c(C(C)(C)C)c1. The predicted octanol–water partition coefficient (Wildman–Crippen LogP) is 9.64. The molecule has 0 aliphatic heterocycles. The van der Waals surface area contributed by atoms with Gasteiger partial charge in [-0.2, -0.15) is 0 Å². The zero-order chi connectivity index (χ0) is 36.4. The molecule has 0 N–H and O–H groups in total. The largest absolute Gasteiger partial charge is 0.493 e. The van der Waals surface area contributed by atoms with Crippen molar-refractivity contribution in [3.05, 3.63) is 70.8 Å². The molecule has 0 spiro atoms. The van der Waals surface area contributed by atoms with E-state index < -0.39 is 11.8 Å². The molecule has 2 aromatic rings. The average Bonchev–Trinajstić information content (AvgIpc) is 3.61. The molecule has 49 heavy (non-hydrogen) atoms. The average molecular weight is 675 g/mol. The van der Waals surface area contributed by atoms with Crippen molar-refractivity contribution in [3.8, 4) is 11.5 Å². The highest BCUT2D eigenvalue weighted by Gasteiger charge is 2.53. The standard InChI is InChI=1S/C43H62O6/c1-40(2,3)30-17-19-34(32(26-30)42(7,8)9)46-21-13-23-48-38(44)36-28-15-16-29(25-28)37(36)39(45)49-24-14-22-47-35-20-18-31(41(4,5)6)27-33(35)43(10,11)12/h15-20,26-29,36-37H,13-14,21-25H2,1-12H3/t28-,29+,36-,37-/m1/s1. The molecule has 2 aliphatic carbocycles. The maximum absolute atomic E-state index is 13.3. The Morgan fingerprint density at radius 3 is 1.24 bits per heavy atom. The van der Waals surface area contributed by atoms with Crippen LogP contribution >= 0.6 is 0 Å². The lowest BCUT2D eigenvalue weighted by atomic mass is 9.80. The number of hydrogen-bond donors (Lipinski definition) is 0. The summed E-state index contributed by atoms with van der Waals surface area (Å²) in [6, 6.07) is 12.9. The number of esters is 2. The Labute approximate surface area is 296 Å². The summed E-state index contributed by atoms with van der Waals surface area (Å²) >= 11 is 0. The molecule has 0 unspecified atom stereocenters. The van der Waals surface area contributed by atoms with Crippen molar-refractivity contribution < 1.29 is 28.5 Å². The minimum absolute atomic E-state index is 0.0113. The van der Waals surface area contributed by atoms with Crippen LogP contribution in [0.2, 0.25) is 0 Å². The first kappa shape index (κ1) is 38.5. The van der Waals surface area contributed by atoms with Crippen LogP contribution in [0.1, 0.15) is 125 Å². The molecule has 0 aromatic heterocycles. The van der Waals surface area contributed by atoms with Gasteiger partial charge in [-0.25, -0.2) is 0 Å². The lowest BCUT2D eigenvalue weighted by molar-refractivity contribution is -0.161. The first-order chi connectivity index (χ1) is 22.7. The van der Waals surface area contributed by atoms with Gasteiger partial charge in [0.15, 0.2) is 0 Å². The third-order valence-corrected chi connectivity index (χ3v) is 9.89. The van der Waals surface area contributed by atoms with E-state index in [0.29, 0.717) is 26.1 Å². The second-order valence-corrected chi connectivity index (χ2v) is 18.2. The topological polar surface area (TPSA) is 71.1 Å². The third kappa shape index (κ3) is 9.70. The lowest BCUT2D eigenvalue weighted by Gasteiger charge is -2.27. The van der Waals surface area contributed by atoms with E-state index in [9.17, 15) is 9.59 Å². The summed E-state index contributed by atoms with van der Waals surface area (Å²) in [6.07, 6.45) is 6.04. The van der Waals surface area contributed by atoms with Crippen molar-refractivity contribution in [2.45, 2.75) is 124 Å². The Kier molecular flexibility index (Phi) is 11.7. The molecule has 0 radical (unpaired) electrons. The number of allylic oxidation sites excluding steroid dienone is 2. The Morgan fingerprint density at radius 1 is 0.551 bits per heavy atom. The fourth-order valence-electron chi connectivity index (χ4n) is 6.90. The fourth-order valence-corrected chi connectivity index (χ4v) is 6.90. The zero-order valence-corrected chi connectivity index (χ0v) is 32.3. The zero-order valence-electron chi connectivity index (χ0n) is 32.3. The number of hydrogen-bond acceptors (Lipinski definition) is 6. The lowest BCUT2D eigenvalue weighted by Crippen LogP contribution is -2.35. The maximum Gasteiger partial charge on any atom is 0.310 e. The molecular weight excluding hydrogens is 612 g/mol. The molecule has 4 rings (SSSR count). The van der Waals surface area contributed by atoms with Crippen LogP contribution in [0.15, 0.2) is 48.6 Å². The van der Waals surface area contributed by atoms with Crippen LogP contribution in [-0.2, 0) is 40.7 Å². The number of carbonyl (C=O) groups excluding carboxylic acids is 2. The number of ether oxygens (including phenoxy) is 4. The molecule has 1 saturated carbocycles. The van der Waals surface area contributed by atoms with Crippen molar-refractivity contribution >= 4 is 11.9 Å². The van der Waals surface area contributed by atoms with E-state index in [1.807, 2.05) is 0 Å². The molecule has 2 aromatic carbocycles. The van der Waals surface area contributed by atoms with Gasteiger partial charge in [0.1, 0.15) is 11.5 Å². The number of fused-ring (bicyclic) bond motifs is 2. The first-order valence-corrected chi connectivity index (χ1v) is 18.2. The Balaban J connectivity index is 1.25. The third-order valence-electron chi connectivity index (χ3n) is 9.89. The summed E-state index contributed by atoms with van der Waals surface area (Å²) in [4.78, 5) is 26.6. The van der Waals surface area contributed by atoms with Crippen molar-refractivity contribution in [3.63, 3.8) is 0 Å². The number of rotatable bonds is 12. The van der Waals surface area contributed by atoms with Crippen LogP contribution in [-0.4, -0.2) is 38.4 Å². The van der Waals surface area contributed by atoms with Gasteiger partial charge in [0.05, 0.1) is 38.3 Å². The molecular formula is C43H62O6. The van der Waals surface area contributed by atoms with E-state index in [-0.39, 0.29) is 58.6 Å². The first-order valence-electron chi connectivity index (χ1n) is 18.2. The van der Waals surface area contributed by atoms with Crippen LogP contribution in [0.3, 0.4) is 0 Å². The molecule has 270 valence electrons. The van der Waals surface area contributed by atoms with E-state index >= 15 is 0 Å². The van der Waals surface area contributed by atoms with Gasteiger partial charge in [0, 0.05) is 12.8 Å². The minimum Gasteiger partial charge on any atom is -0.493 e. The van der Waals surface area contributed by atoms with E-state index in [1.165, 1.54) is 22.3 Å². The Hall–Kier alpha value is -3.28. The summed E-state index contributed by atoms with van der Waals surface area (Å²) in [5.74, 6) is 0.105. The summed E-state index contributed by atoms with van der Waals surface area (Å²) in [5, 5.41) is 0. The molecule has 1 fully saturated rings. The normalized spacial score (nSPS) is 20.7. The highest BCUT2D eigenvalue weighted by Crippen LogP contribution is 2.49. The van der Waals surface area contributed by atoms with Crippen molar-refractivity contribution in [2.24, 2.45) is 23.7 Å². The van der Waals surface area contributed by atoms with E-state index in [0.717, 1.165) is 17.9 Å². The van der Waals surface area contributed by atoms with Crippen LogP contribution < -0.4 is 9.47 Å². The van der Waals surface area contributed by atoms with Gasteiger partial charge in [-0.15, -0.1) is 0 Å². The number of benzene rings is 2. The molecule has 6 heteroatoms. The van der Waals surface area contributed by atoms with Crippen molar-refractivity contribution in [2.75, 3.05) is 26.4 Å². The second kappa shape index (κ2) is 14.9. The van der Waals surface area contributed by atoms with E-state index in [1.54, 1.807) is 0 Å². The van der Waals surface area contributed by atoms with Gasteiger partial charge in [-0.05, 0) is 74.3 Å². The van der Waals surface area contributed by atoms with Gasteiger partial charge >= 0.3 is 11.9 Å². The van der Waals surface area contributed by atoms with Gasteiger partial charge in [-0.3, -0.25) is 9.59 Å². The van der Waals surface area contributed by atoms with E-state index in [2.05, 4.69) is 132 Å². The van der Waals surface area contributed by atoms with Crippen molar-refractivity contribution in [1.29, 1.82) is 0 Å². The highest BCUT2D eigenvalue weighted by molar-refractivity contribution is 5.84. The molecule has 2 aliphatic rings. The van der Waals surface area contributed by atoms with Gasteiger partial charge in [-0.1, -0.05) is 120 Å².